The first kappa shape index (κ1) is 14.9. The second-order valence-electron chi connectivity index (χ2n) is 2.55. The van der Waals surface area contributed by atoms with Crippen LogP contribution >= 0.6 is 12.0 Å². The summed E-state index contributed by atoms with van der Waals surface area (Å²) >= 11 is 0.717. The Hall–Kier alpha value is -0.0665. The Balaban J connectivity index is 0.00000196. The Bertz CT molecular complexity index is 365. The number of benzene rings is 1. The number of hydrogen-bond donors (Lipinski definition) is 1. The first-order valence-corrected chi connectivity index (χ1v) is 6.18. The van der Waals surface area contributed by atoms with E-state index >= 15 is 0 Å². The van der Waals surface area contributed by atoms with Gasteiger partial charge in [0, 0.05) is 34.3 Å². The molecular weight excluding hydrogens is 283 g/mol. The summed E-state index contributed by atoms with van der Waals surface area (Å²) in [5.74, 6) is 0.476. The van der Waals surface area contributed by atoms with Crippen LogP contribution in [0.1, 0.15) is 5.56 Å². The summed E-state index contributed by atoms with van der Waals surface area (Å²) in [5.41, 5.74) is 1.10. The van der Waals surface area contributed by atoms with Crippen molar-refractivity contribution in [1.29, 1.82) is 0 Å². The van der Waals surface area contributed by atoms with Crippen molar-refractivity contribution in [3.05, 3.63) is 35.9 Å². The molecule has 1 aromatic rings. The maximum atomic E-state index is 10.2. The molecule has 15 heavy (non-hydrogen) atoms. The van der Waals surface area contributed by atoms with Gasteiger partial charge in [-0.2, -0.15) is 12.0 Å². The number of hydrogen-bond acceptors (Lipinski definition) is 4. The van der Waals surface area contributed by atoms with E-state index in [1.54, 1.807) is 0 Å². The minimum absolute atomic E-state index is 0. The SMILES string of the molecule is O=S(=O)(O)OSCCc1ccccc1.[Ni]. The van der Waals surface area contributed by atoms with Gasteiger partial charge < -0.3 is 0 Å². The van der Waals surface area contributed by atoms with Crippen LogP contribution in [0.4, 0.5) is 0 Å². The van der Waals surface area contributed by atoms with Gasteiger partial charge in [0.05, 0.1) is 0 Å². The van der Waals surface area contributed by atoms with Crippen LogP contribution in [0, 0.1) is 0 Å². The maximum absolute atomic E-state index is 10.2. The monoisotopic (exact) mass is 292 g/mol. The van der Waals surface area contributed by atoms with Gasteiger partial charge in [0.1, 0.15) is 0 Å². The average molecular weight is 293 g/mol. The van der Waals surface area contributed by atoms with Crippen LogP contribution in [0.2, 0.25) is 0 Å². The molecule has 1 N–H and O–H groups in total. The first-order valence-electron chi connectivity index (χ1n) is 3.90. The van der Waals surface area contributed by atoms with Crippen LogP contribution in [0.3, 0.4) is 0 Å². The normalized spacial score (nSPS) is 10.7. The molecule has 0 aliphatic heterocycles. The fraction of sp³-hybridized carbons (Fsp3) is 0.250. The molecule has 0 aliphatic carbocycles. The van der Waals surface area contributed by atoms with E-state index in [0.29, 0.717) is 12.2 Å². The molecule has 0 saturated heterocycles. The molecule has 0 spiro atoms. The van der Waals surface area contributed by atoms with Gasteiger partial charge in [-0.3, -0.25) is 4.55 Å². The molecule has 0 aliphatic rings. The summed E-state index contributed by atoms with van der Waals surface area (Å²) < 4.78 is 32.6. The molecule has 0 atom stereocenters. The maximum Gasteiger partial charge on any atom is 0.408 e. The third-order valence-electron chi connectivity index (χ3n) is 1.45. The van der Waals surface area contributed by atoms with Gasteiger partial charge in [-0.25, -0.2) is 0 Å². The molecule has 0 aromatic heterocycles. The van der Waals surface area contributed by atoms with Gasteiger partial charge in [0.25, 0.3) is 0 Å². The van der Waals surface area contributed by atoms with Crippen LogP contribution < -0.4 is 0 Å². The minimum Gasteiger partial charge on any atom is -0.263 e. The van der Waals surface area contributed by atoms with Crippen molar-refractivity contribution < 1.29 is 33.1 Å². The number of rotatable bonds is 5. The first-order chi connectivity index (χ1) is 6.58. The van der Waals surface area contributed by atoms with Gasteiger partial charge in [-0.15, -0.1) is 0 Å². The Morgan fingerprint density at radius 3 is 2.40 bits per heavy atom. The van der Waals surface area contributed by atoms with Crippen molar-refractivity contribution in [2.75, 3.05) is 5.75 Å². The molecule has 7 heteroatoms. The van der Waals surface area contributed by atoms with Gasteiger partial charge >= 0.3 is 10.4 Å². The molecule has 0 radical (unpaired) electrons. The van der Waals surface area contributed by atoms with Gasteiger partial charge in [0.15, 0.2) is 0 Å². The zero-order chi connectivity index (χ0) is 10.4. The quantitative estimate of drug-likeness (QED) is 0.387. The van der Waals surface area contributed by atoms with Crippen molar-refractivity contribution >= 4 is 22.4 Å². The summed E-state index contributed by atoms with van der Waals surface area (Å²) in [6.45, 7) is 0. The van der Waals surface area contributed by atoms with Crippen LogP contribution in [-0.4, -0.2) is 18.7 Å². The third kappa shape index (κ3) is 7.82. The molecule has 0 unspecified atom stereocenters. The van der Waals surface area contributed by atoms with Crippen molar-refractivity contribution in [3.63, 3.8) is 0 Å². The Labute approximate surface area is 103 Å². The summed E-state index contributed by atoms with van der Waals surface area (Å²) in [6.07, 6.45) is 0.695. The van der Waals surface area contributed by atoms with E-state index in [9.17, 15) is 8.42 Å². The third-order valence-corrected chi connectivity index (χ3v) is 2.89. The van der Waals surface area contributed by atoms with Crippen LogP contribution in [0.5, 0.6) is 0 Å². The number of aryl methyl sites for hydroxylation is 1. The molecule has 0 bridgehead atoms. The second kappa shape index (κ2) is 7.25. The van der Waals surface area contributed by atoms with Crippen LogP contribution in [0.15, 0.2) is 30.3 Å². The average Bonchev–Trinajstić information content (AvgIpc) is 2.13. The summed E-state index contributed by atoms with van der Waals surface area (Å²) in [4.78, 5) is 0. The predicted octanol–water partition coefficient (Wildman–Crippen LogP) is 1.69. The molecule has 1 aromatic carbocycles. The van der Waals surface area contributed by atoms with Crippen LogP contribution in [-0.2, 0) is 36.9 Å². The van der Waals surface area contributed by atoms with Crippen molar-refractivity contribution in [3.8, 4) is 0 Å². The molecule has 0 saturated carbocycles. The molecule has 4 nitrogen and oxygen atoms in total. The summed E-state index contributed by atoms with van der Waals surface area (Å²) in [7, 11) is -4.32. The fourth-order valence-corrected chi connectivity index (χ4v) is 1.98. The topological polar surface area (TPSA) is 63.6 Å². The predicted molar refractivity (Wildman–Crippen MR) is 55.2 cm³/mol. The summed E-state index contributed by atoms with van der Waals surface area (Å²) in [5, 5.41) is 0. The minimum atomic E-state index is -4.32. The van der Waals surface area contributed by atoms with Crippen molar-refractivity contribution in [1.82, 2.24) is 0 Å². The zero-order valence-electron chi connectivity index (χ0n) is 7.61. The molecule has 1 rings (SSSR count). The van der Waals surface area contributed by atoms with E-state index in [1.807, 2.05) is 30.3 Å². The Morgan fingerprint density at radius 2 is 1.87 bits per heavy atom. The van der Waals surface area contributed by atoms with E-state index in [0.717, 1.165) is 17.6 Å². The molecular formula is C8H10NiO4S2. The zero-order valence-corrected chi connectivity index (χ0v) is 10.2. The van der Waals surface area contributed by atoms with E-state index in [-0.39, 0.29) is 16.5 Å². The Morgan fingerprint density at radius 1 is 1.27 bits per heavy atom. The van der Waals surface area contributed by atoms with E-state index in [1.165, 1.54) is 0 Å². The molecule has 0 amide bonds. The van der Waals surface area contributed by atoms with Crippen LogP contribution in [0.25, 0.3) is 0 Å². The fourth-order valence-electron chi connectivity index (χ4n) is 0.899. The van der Waals surface area contributed by atoms with E-state index in [4.69, 9.17) is 4.55 Å². The molecule has 0 fully saturated rings. The van der Waals surface area contributed by atoms with Gasteiger partial charge in [-0.1, -0.05) is 30.3 Å². The van der Waals surface area contributed by atoms with Gasteiger partial charge in [0.2, 0.25) is 0 Å². The smallest absolute Gasteiger partial charge is 0.263 e. The standard InChI is InChI=1S/C8H10O4S2.Ni/c9-14(10,11)12-13-7-6-8-4-2-1-3-5-8;/h1-5H,6-7H2,(H,9,10,11);. The largest absolute Gasteiger partial charge is 0.408 e. The van der Waals surface area contributed by atoms with Gasteiger partial charge in [-0.05, 0) is 12.0 Å². The second-order valence-corrected chi connectivity index (χ2v) is 4.60. The van der Waals surface area contributed by atoms with Crippen molar-refractivity contribution in [2.45, 2.75) is 6.42 Å². The van der Waals surface area contributed by atoms with E-state index < -0.39 is 10.4 Å². The molecule has 88 valence electrons. The van der Waals surface area contributed by atoms with E-state index in [2.05, 4.69) is 3.63 Å². The Kier molecular flexibility index (Phi) is 7.21. The van der Waals surface area contributed by atoms with Crippen molar-refractivity contribution in [2.24, 2.45) is 0 Å². The summed E-state index contributed by atoms with van der Waals surface area (Å²) in [6, 6.07) is 9.60. The molecule has 0 heterocycles.